The second-order valence-electron chi connectivity index (χ2n) is 7.12. The summed E-state index contributed by atoms with van der Waals surface area (Å²) < 4.78 is 0. The molecule has 3 aromatic rings. The lowest BCUT2D eigenvalue weighted by Gasteiger charge is -2.17. The smallest absolute Gasteiger partial charge is 0.271 e. The van der Waals surface area contributed by atoms with Crippen molar-refractivity contribution in [2.75, 3.05) is 11.4 Å². The first-order chi connectivity index (χ1) is 14.0. The number of imide groups is 1. The second-order valence-corrected chi connectivity index (χ2v) is 7.12. The van der Waals surface area contributed by atoms with E-state index in [2.05, 4.69) is 10.3 Å². The first kappa shape index (κ1) is 18.8. The molecule has 0 aliphatic carbocycles. The number of aryl methyl sites for hydroxylation is 1. The van der Waals surface area contributed by atoms with Crippen LogP contribution in [0.1, 0.15) is 17.5 Å². The Bertz CT molecular complexity index is 1120. The van der Waals surface area contributed by atoms with E-state index in [9.17, 15) is 19.7 Å². The van der Waals surface area contributed by atoms with Gasteiger partial charge in [0.15, 0.2) is 0 Å². The Labute approximate surface area is 166 Å². The van der Waals surface area contributed by atoms with Gasteiger partial charge in [-0.1, -0.05) is 24.3 Å². The van der Waals surface area contributed by atoms with Gasteiger partial charge in [0, 0.05) is 35.8 Å². The number of H-pyrrole nitrogens is 1. The Kier molecular flexibility index (Phi) is 4.85. The number of hydrogen-bond acceptors (Lipinski definition) is 5. The van der Waals surface area contributed by atoms with Gasteiger partial charge in [-0.05, 0) is 30.5 Å². The fourth-order valence-corrected chi connectivity index (χ4v) is 3.72. The van der Waals surface area contributed by atoms with Crippen LogP contribution in [0.25, 0.3) is 10.9 Å². The van der Waals surface area contributed by atoms with E-state index in [0.717, 1.165) is 21.4 Å². The zero-order valence-electron chi connectivity index (χ0n) is 15.8. The molecule has 0 saturated carbocycles. The maximum absolute atomic E-state index is 12.8. The third-order valence-corrected chi connectivity index (χ3v) is 5.25. The van der Waals surface area contributed by atoms with E-state index in [0.29, 0.717) is 18.5 Å². The summed E-state index contributed by atoms with van der Waals surface area (Å²) in [6.07, 6.45) is 2.69. The van der Waals surface area contributed by atoms with Gasteiger partial charge in [0.1, 0.15) is 0 Å². The molecule has 0 bridgehead atoms. The van der Waals surface area contributed by atoms with Gasteiger partial charge in [0.2, 0.25) is 5.91 Å². The average molecular weight is 392 g/mol. The molecule has 2 N–H and O–H groups in total. The van der Waals surface area contributed by atoms with Crippen LogP contribution < -0.4 is 10.2 Å². The molecule has 8 heteroatoms. The van der Waals surface area contributed by atoms with Crippen LogP contribution in [0.2, 0.25) is 0 Å². The number of nitrogens with zero attached hydrogens (tertiary/aromatic N) is 2. The summed E-state index contributed by atoms with van der Waals surface area (Å²) in [4.78, 5) is 40.1. The fourth-order valence-electron chi connectivity index (χ4n) is 3.72. The molecule has 1 fully saturated rings. The molecule has 0 spiro atoms. The van der Waals surface area contributed by atoms with Gasteiger partial charge in [0.25, 0.3) is 11.6 Å². The Morgan fingerprint density at radius 3 is 2.83 bits per heavy atom. The lowest BCUT2D eigenvalue weighted by Crippen LogP contribution is -2.39. The minimum atomic E-state index is -0.633. The molecule has 1 saturated heterocycles. The maximum Gasteiger partial charge on any atom is 0.271 e. The van der Waals surface area contributed by atoms with Crippen molar-refractivity contribution in [1.82, 2.24) is 10.3 Å². The number of hydrogen-bond donors (Lipinski definition) is 2. The van der Waals surface area contributed by atoms with Crippen molar-refractivity contribution in [3.63, 3.8) is 0 Å². The Morgan fingerprint density at radius 2 is 2.03 bits per heavy atom. The van der Waals surface area contributed by atoms with Crippen LogP contribution >= 0.6 is 0 Å². The van der Waals surface area contributed by atoms with E-state index in [4.69, 9.17) is 0 Å². The summed E-state index contributed by atoms with van der Waals surface area (Å²) in [5.74, 6) is -0.735. The number of nitrogens with one attached hydrogen (secondary N) is 2. The minimum absolute atomic E-state index is 0.0366. The van der Waals surface area contributed by atoms with Crippen molar-refractivity contribution in [2.45, 2.75) is 25.8 Å². The van der Waals surface area contributed by atoms with E-state index in [-0.39, 0.29) is 29.6 Å². The molecular weight excluding hydrogens is 372 g/mol. The highest BCUT2D eigenvalue weighted by Gasteiger charge is 2.40. The molecule has 2 amide bonds. The number of nitro groups is 1. The lowest BCUT2D eigenvalue weighted by molar-refractivity contribution is -0.384. The third-order valence-electron chi connectivity index (χ3n) is 5.25. The number of aromatic amines is 1. The lowest BCUT2D eigenvalue weighted by atomic mass is 10.1. The molecule has 2 aromatic carbocycles. The van der Waals surface area contributed by atoms with Crippen LogP contribution in [-0.2, 0) is 16.0 Å². The standard InChI is InChI=1S/C21H20N4O4/c1-13-6-7-15(25(28)29)10-19(13)24-20(26)11-18(21(24)27)22-9-8-14-12-23-17-5-3-2-4-16(14)17/h2-7,10,12,18,22-23H,8-9,11H2,1H3/t18-/m1/s1. The zero-order chi connectivity index (χ0) is 20.5. The Hall–Kier alpha value is -3.52. The van der Waals surface area contributed by atoms with Gasteiger partial charge < -0.3 is 10.3 Å². The number of para-hydroxylation sites is 1. The molecule has 29 heavy (non-hydrogen) atoms. The Morgan fingerprint density at radius 1 is 1.24 bits per heavy atom. The summed E-state index contributed by atoms with van der Waals surface area (Å²) in [5.41, 5.74) is 2.95. The SMILES string of the molecule is Cc1ccc([N+](=O)[O-])cc1N1C(=O)C[C@@H](NCCc2c[nH]c3ccccc23)C1=O. The maximum atomic E-state index is 12.8. The van der Waals surface area contributed by atoms with E-state index >= 15 is 0 Å². The molecule has 1 aliphatic rings. The van der Waals surface area contributed by atoms with Crippen LogP contribution in [0.15, 0.2) is 48.7 Å². The number of carbonyl (C=O) groups is 2. The van der Waals surface area contributed by atoms with Gasteiger partial charge in [-0.25, -0.2) is 4.90 Å². The van der Waals surface area contributed by atoms with Crippen molar-refractivity contribution in [2.24, 2.45) is 0 Å². The Balaban J connectivity index is 1.46. The molecule has 0 unspecified atom stereocenters. The number of non-ortho nitro benzene ring substituents is 1. The first-order valence-corrected chi connectivity index (χ1v) is 9.36. The molecule has 1 atom stereocenters. The molecule has 2 heterocycles. The normalized spacial score (nSPS) is 16.7. The number of rotatable bonds is 6. The molecule has 148 valence electrons. The summed E-state index contributed by atoms with van der Waals surface area (Å²) in [6.45, 7) is 2.25. The fraction of sp³-hybridized carbons (Fsp3) is 0.238. The summed E-state index contributed by atoms with van der Waals surface area (Å²) in [6, 6.07) is 11.5. The monoisotopic (exact) mass is 392 g/mol. The van der Waals surface area contributed by atoms with Crippen molar-refractivity contribution in [3.8, 4) is 0 Å². The highest BCUT2D eigenvalue weighted by atomic mass is 16.6. The van der Waals surface area contributed by atoms with Gasteiger partial charge in [0.05, 0.1) is 23.1 Å². The largest absolute Gasteiger partial charge is 0.361 e. The molecule has 0 radical (unpaired) electrons. The number of fused-ring (bicyclic) bond motifs is 1. The van der Waals surface area contributed by atoms with Crippen LogP contribution in [-0.4, -0.2) is 34.3 Å². The number of nitro benzene ring substituents is 1. The van der Waals surface area contributed by atoms with Crippen molar-refractivity contribution in [3.05, 3.63) is 69.9 Å². The van der Waals surface area contributed by atoms with Gasteiger partial charge in [-0.2, -0.15) is 0 Å². The van der Waals surface area contributed by atoms with Gasteiger partial charge in [-0.3, -0.25) is 19.7 Å². The number of aromatic nitrogens is 1. The highest BCUT2D eigenvalue weighted by Crippen LogP contribution is 2.30. The van der Waals surface area contributed by atoms with Crippen LogP contribution in [0, 0.1) is 17.0 Å². The van der Waals surface area contributed by atoms with E-state index in [1.807, 2.05) is 30.5 Å². The second kappa shape index (κ2) is 7.48. The van der Waals surface area contributed by atoms with Gasteiger partial charge >= 0.3 is 0 Å². The third kappa shape index (κ3) is 3.50. The number of carbonyl (C=O) groups excluding carboxylic acids is 2. The molecule has 4 rings (SSSR count). The summed E-state index contributed by atoms with van der Waals surface area (Å²) >= 11 is 0. The van der Waals surface area contributed by atoms with E-state index in [1.165, 1.54) is 12.1 Å². The van der Waals surface area contributed by atoms with Crippen molar-refractivity contribution in [1.29, 1.82) is 0 Å². The predicted octanol–water partition coefficient (Wildman–Crippen LogP) is 2.85. The number of anilines is 1. The molecule has 1 aromatic heterocycles. The average Bonchev–Trinajstić information content (AvgIpc) is 3.23. The van der Waals surface area contributed by atoms with Crippen LogP contribution in [0.4, 0.5) is 11.4 Å². The molecule has 1 aliphatic heterocycles. The molecular formula is C21H20N4O4. The summed E-state index contributed by atoms with van der Waals surface area (Å²) in [7, 11) is 0. The van der Waals surface area contributed by atoms with E-state index in [1.54, 1.807) is 13.0 Å². The quantitative estimate of drug-likeness (QED) is 0.381. The van der Waals surface area contributed by atoms with Crippen LogP contribution in [0.3, 0.4) is 0 Å². The zero-order valence-corrected chi connectivity index (χ0v) is 15.8. The number of benzene rings is 2. The minimum Gasteiger partial charge on any atom is -0.361 e. The topological polar surface area (TPSA) is 108 Å². The predicted molar refractivity (Wildman–Crippen MR) is 109 cm³/mol. The number of amides is 2. The molecule has 8 nitrogen and oxygen atoms in total. The van der Waals surface area contributed by atoms with Crippen LogP contribution in [0.5, 0.6) is 0 Å². The van der Waals surface area contributed by atoms with Crippen molar-refractivity contribution < 1.29 is 14.5 Å². The highest BCUT2D eigenvalue weighted by molar-refractivity contribution is 6.22. The van der Waals surface area contributed by atoms with E-state index < -0.39 is 11.0 Å². The summed E-state index contributed by atoms with van der Waals surface area (Å²) in [5, 5.41) is 15.4. The van der Waals surface area contributed by atoms with Crippen molar-refractivity contribution >= 4 is 34.1 Å². The van der Waals surface area contributed by atoms with Gasteiger partial charge in [-0.15, -0.1) is 0 Å². The first-order valence-electron chi connectivity index (χ1n) is 9.36.